The number of carbonyl (C=O) groups excluding carboxylic acids is 1. The Hall–Kier alpha value is -1.60. The zero-order valence-corrected chi connectivity index (χ0v) is 10.9. The van der Waals surface area contributed by atoms with Crippen LogP contribution in [0.25, 0.3) is 0 Å². The zero-order valence-electron chi connectivity index (χ0n) is 10.9. The summed E-state index contributed by atoms with van der Waals surface area (Å²) in [5.74, 6) is -0.471. The molecule has 1 aliphatic heterocycles. The molecule has 20 heavy (non-hydrogen) atoms. The van der Waals surface area contributed by atoms with E-state index in [9.17, 15) is 18.0 Å². The van der Waals surface area contributed by atoms with Gasteiger partial charge >= 0.3 is 6.18 Å². The first-order valence-corrected chi connectivity index (χ1v) is 6.32. The Morgan fingerprint density at radius 3 is 2.55 bits per heavy atom. The Balaban J connectivity index is 2.08. The Kier molecular flexibility index (Phi) is 4.29. The highest BCUT2D eigenvalue weighted by Gasteiger charge is 2.34. The number of nitrogens with one attached hydrogen (secondary N) is 3. The highest BCUT2D eigenvalue weighted by Crippen LogP contribution is 2.34. The highest BCUT2D eigenvalue weighted by molar-refractivity contribution is 5.95. The van der Waals surface area contributed by atoms with Crippen LogP contribution in [0.15, 0.2) is 24.3 Å². The molecule has 3 N–H and O–H groups in total. The number of piperazine rings is 1. The standard InChI is InChI=1S/C13H16F3N3O/c1-8-6-18-11(7-17-8)12(20)19-10-5-3-2-4-9(10)13(14,15)16/h2-5,8,11,17-18H,6-7H2,1H3,(H,19,20). The van der Waals surface area contributed by atoms with Crippen LogP contribution in [-0.4, -0.2) is 31.1 Å². The minimum Gasteiger partial charge on any atom is -0.324 e. The summed E-state index contributed by atoms with van der Waals surface area (Å²) in [4.78, 5) is 12.0. The first-order valence-electron chi connectivity index (χ1n) is 6.32. The summed E-state index contributed by atoms with van der Waals surface area (Å²) in [6.07, 6.45) is -4.49. The van der Waals surface area contributed by atoms with E-state index in [0.717, 1.165) is 6.07 Å². The molecule has 0 aromatic heterocycles. The number of halogens is 3. The Labute approximate surface area is 114 Å². The number of hydrogen-bond donors (Lipinski definition) is 3. The Morgan fingerprint density at radius 2 is 1.95 bits per heavy atom. The number of benzene rings is 1. The fraction of sp³-hybridized carbons (Fsp3) is 0.462. The lowest BCUT2D eigenvalue weighted by molar-refractivity contribution is -0.137. The van der Waals surface area contributed by atoms with Crippen molar-refractivity contribution in [2.45, 2.75) is 25.2 Å². The van der Waals surface area contributed by atoms with Crippen molar-refractivity contribution in [2.24, 2.45) is 0 Å². The van der Waals surface area contributed by atoms with Crippen LogP contribution in [-0.2, 0) is 11.0 Å². The summed E-state index contributed by atoms with van der Waals surface area (Å²) in [6, 6.07) is 4.65. The van der Waals surface area contributed by atoms with E-state index >= 15 is 0 Å². The molecule has 110 valence electrons. The molecule has 1 heterocycles. The van der Waals surface area contributed by atoms with Gasteiger partial charge in [-0.1, -0.05) is 12.1 Å². The molecule has 2 rings (SSSR count). The van der Waals surface area contributed by atoms with Crippen LogP contribution in [0.5, 0.6) is 0 Å². The number of hydrogen-bond acceptors (Lipinski definition) is 3. The monoisotopic (exact) mass is 287 g/mol. The molecule has 1 aliphatic rings. The van der Waals surface area contributed by atoms with Crippen LogP contribution in [0.2, 0.25) is 0 Å². The molecule has 0 radical (unpaired) electrons. The molecule has 4 nitrogen and oxygen atoms in total. The maximum absolute atomic E-state index is 12.8. The van der Waals surface area contributed by atoms with Crippen LogP contribution < -0.4 is 16.0 Å². The van der Waals surface area contributed by atoms with Gasteiger partial charge in [0.1, 0.15) is 0 Å². The molecule has 1 fully saturated rings. The van der Waals surface area contributed by atoms with Crippen molar-refractivity contribution >= 4 is 11.6 Å². The number of carbonyl (C=O) groups is 1. The average molecular weight is 287 g/mol. The third-order valence-corrected chi connectivity index (χ3v) is 3.15. The fourth-order valence-electron chi connectivity index (χ4n) is 2.03. The van der Waals surface area contributed by atoms with E-state index < -0.39 is 23.7 Å². The summed E-state index contributed by atoms with van der Waals surface area (Å²) in [5, 5.41) is 8.43. The number of amides is 1. The Bertz CT molecular complexity index is 482. The van der Waals surface area contributed by atoms with Crippen LogP contribution in [0.1, 0.15) is 12.5 Å². The molecule has 1 aromatic carbocycles. The molecule has 7 heteroatoms. The summed E-state index contributed by atoms with van der Waals surface area (Å²) in [5.41, 5.74) is -1.06. The first kappa shape index (κ1) is 14.8. The van der Waals surface area contributed by atoms with Crippen LogP contribution in [0, 0.1) is 0 Å². The third-order valence-electron chi connectivity index (χ3n) is 3.15. The van der Waals surface area contributed by atoms with E-state index in [-0.39, 0.29) is 11.7 Å². The van der Waals surface area contributed by atoms with Crippen molar-refractivity contribution in [1.29, 1.82) is 0 Å². The molecular weight excluding hydrogens is 271 g/mol. The normalized spacial score (nSPS) is 23.4. The lowest BCUT2D eigenvalue weighted by Gasteiger charge is -2.28. The molecule has 1 aromatic rings. The van der Waals surface area contributed by atoms with E-state index in [1.165, 1.54) is 18.2 Å². The van der Waals surface area contributed by atoms with E-state index in [1.54, 1.807) is 0 Å². The topological polar surface area (TPSA) is 53.2 Å². The number of alkyl halides is 3. The number of anilines is 1. The molecular formula is C13H16F3N3O. The number of para-hydroxylation sites is 1. The van der Waals surface area contributed by atoms with Crippen LogP contribution in [0.4, 0.5) is 18.9 Å². The maximum atomic E-state index is 12.8. The molecule has 0 saturated carbocycles. The lowest BCUT2D eigenvalue weighted by atomic mass is 10.1. The van der Waals surface area contributed by atoms with E-state index in [1.807, 2.05) is 6.92 Å². The van der Waals surface area contributed by atoms with Gasteiger partial charge in [-0.2, -0.15) is 13.2 Å². The van der Waals surface area contributed by atoms with Gasteiger partial charge in [-0.3, -0.25) is 4.79 Å². The van der Waals surface area contributed by atoms with Crippen LogP contribution in [0.3, 0.4) is 0 Å². The molecule has 2 unspecified atom stereocenters. The van der Waals surface area contributed by atoms with Gasteiger partial charge in [-0.15, -0.1) is 0 Å². The second-order valence-electron chi connectivity index (χ2n) is 4.80. The van der Waals surface area contributed by atoms with Crippen molar-refractivity contribution in [3.05, 3.63) is 29.8 Å². The minimum atomic E-state index is -4.49. The highest BCUT2D eigenvalue weighted by atomic mass is 19.4. The van der Waals surface area contributed by atoms with Crippen molar-refractivity contribution < 1.29 is 18.0 Å². The van der Waals surface area contributed by atoms with Crippen molar-refractivity contribution in [3.8, 4) is 0 Å². The largest absolute Gasteiger partial charge is 0.418 e. The van der Waals surface area contributed by atoms with Crippen LogP contribution >= 0.6 is 0 Å². The van der Waals surface area contributed by atoms with Crippen molar-refractivity contribution in [3.63, 3.8) is 0 Å². The SMILES string of the molecule is CC1CNC(C(=O)Nc2ccccc2C(F)(F)F)CN1. The second-order valence-corrected chi connectivity index (χ2v) is 4.80. The van der Waals surface area contributed by atoms with Gasteiger partial charge in [0.05, 0.1) is 17.3 Å². The molecule has 1 amide bonds. The van der Waals surface area contributed by atoms with Crippen molar-refractivity contribution in [2.75, 3.05) is 18.4 Å². The third kappa shape index (κ3) is 3.49. The summed E-state index contributed by atoms with van der Waals surface area (Å²) >= 11 is 0. The molecule has 2 atom stereocenters. The minimum absolute atomic E-state index is 0.217. The summed E-state index contributed by atoms with van der Waals surface area (Å²) in [7, 11) is 0. The van der Waals surface area contributed by atoms with Gasteiger partial charge < -0.3 is 16.0 Å². The van der Waals surface area contributed by atoms with E-state index in [4.69, 9.17) is 0 Å². The van der Waals surface area contributed by atoms with Crippen molar-refractivity contribution in [1.82, 2.24) is 10.6 Å². The molecule has 0 aliphatic carbocycles. The quantitative estimate of drug-likeness (QED) is 0.774. The Morgan fingerprint density at radius 1 is 1.25 bits per heavy atom. The molecule has 0 bridgehead atoms. The average Bonchev–Trinajstić information content (AvgIpc) is 2.38. The van der Waals surface area contributed by atoms with E-state index in [0.29, 0.717) is 13.1 Å². The predicted octanol–water partition coefficient (Wildman–Crippen LogP) is 1.59. The first-order chi connectivity index (χ1) is 9.38. The molecule has 0 spiro atoms. The second kappa shape index (κ2) is 5.80. The predicted molar refractivity (Wildman–Crippen MR) is 69.3 cm³/mol. The zero-order chi connectivity index (χ0) is 14.8. The van der Waals surface area contributed by atoms with Gasteiger partial charge in [0.2, 0.25) is 5.91 Å². The van der Waals surface area contributed by atoms with Gasteiger partial charge in [0.15, 0.2) is 0 Å². The summed E-state index contributed by atoms with van der Waals surface area (Å²) < 4.78 is 38.4. The van der Waals surface area contributed by atoms with Gasteiger partial charge in [-0.25, -0.2) is 0 Å². The fourth-order valence-corrected chi connectivity index (χ4v) is 2.03. The van der Waals surface area contributed by atoms with Gasteiger partial charge in [0, 0.05) is 19.1 Å². The van der Waals surface area contributed by atoms with Gasteiger partial charge in [0.25, 0.3) is 0 Å². The smallest absolute Gasteiger partial charge is 0.324 e. The van der Waals surface area contributed by atoms with E-state index in [2.05, 4.69) is 16.0 Å². The van der Waals surface area contributed by atoms with Gasteiger partial charge in [-0.05, 0) is 19.1 Å². The molecule has 1 saturated heterocycles. The summed E-state index contributed by atoms with van der Waals surface area (Å²) in [6.45, 7) is 2.94. The number of rotatable bonds is 2. The maximum Gasteiger partial charge on any atom is 0.418 e. The lowest BCUT2D eigenvalue weighted by Crippen LogP contribution is -2.57.